The van der Waals surface area contributed by atoms with Crippen molar-refractivity contribution in [3.63, 3.8) is 0 Å². The lowest BCUT2D eigenvalue weighted by atomic mass is 9.96. The first-order valence-electron chi connectivity index (χ1n) is 9.82. The molecule has 0 atom stereocenters. The molecule has 2 aromatic heterocycles. The monoisotopic (exact) mass is 420 g/mol. The molecule has 30 heavy (non-hydrogen) atoms. The molecule has 1 N–H and O–H groups in total. The quantitative estimate of drug-likeness (QED) is 0.486. The lowest BCUT2D eigenvalue weighted by Crippen LogP contribution is -2.17. The summed E-state index contributed by atoms with van der Waals surface area (Å²) in [4.78, 5) is 13.4. The minimum Gasteiger partial charge on any atom is -0.308 e. The molecule has 0 saturated heterocycles. The summed E-state index contributed by atoms with van der Waals surface area (Å²) in [6.45, 7) is 3.97. The number of fused-ring (bicyclic) bond motifs is 1. The van der Waals surface area contributed by atoms with Crippen LogP contribution in [0.25, 0.3) is 5.00 Å². The van der Waals surface area contributed by atoms with Crippen LogP contribution in [0.1, 0.15) is 56.2 Å². The minimum atomic E-state index is -0.475. The Bertz CT molecular complexity index is 1200. The molecule has 4 rings (SSSR count). The zero-order valence-electron chi connectivity index (χ0n) is 16.8. The number of thiophene rings is 1. The maximum atomic E-state index is 13.3. The number of nitrogens with zero attached hydrogens (tertiary/aromatic N) is 3. The number of hydrazone groups is 1. The van der Waals surface area contributed by atoms with Crippen LogP contribution in [-0.4, -0.2) is 16.7 Å². The first-order valence-corrected chi connectivity index (χ1v) is 10.6. The van der Waals surface area contributed by atoms with Crippen molar-refractivity contribution in [3.8, 4) is 11.1 Å². The van der Waals surface area contributed by atoms with E-state index in [1.165, 1.54) is 41.1 Å². The van der Waals surface area contributed by atoms with E-state index >= 15 is 0 Å². The molecule has 0 spiro atoms. The van der Waals surface area contributed by atoms with Gasteiger partial charge < -0.3 is 4.57 Å². The van der Waals surface area contributed by atoms with E-state index in [0.29, 0.717) is 0 Å². The Morgan fingerprint density at radius 3 is 2.87 bits per heavy atom. The number of rotatable bonds is 4. The van der Waals surface area contributed by atoms with Crippen molar-refractivity contribution < 1.29 is 9.18 Å². The number of carbonyl (C=O) groups is 1. The highest BCUT2D eigenvalue weighted by molar-refractivity contribution is 7.15. The lowest BCUT2D eigenvalue weighted by Gasteiger charge is -2.10. The van der Waals surface area contributed by atoms with Gasteiger partial charge in [0.2, 0.25) is 0 Å². The molecule has 0 aliphatic heterocycles. The molecule has 1 aliphatic rings. The van der Waals surface area contributed by atoms with Crippen molar-refractivity contribution in [3.05, 3.63) is 74.7 Å². The van der Waals surface area contributed by atoms with E-state index in [1.54, 1.807) is 17.6 Å². The van der Waals surface area contributed by atoms with Gasteiger partial charge in [-0.1, -0.05) is 6.07 Å². The second-order valence-electron chi connectivity index (χ2n) is 7.37. The van der Waals surface area contributed by atoms with Gasteiger partial charge >= 0.3 is 0 Å². The molecule has 5 nitrogen and oxygen atoms in total. The smallest absolute Gasteiger partial charge is 0.271 e. The van der Waals surface area contributed by atoms with E-state index in [9.17, 15) is 14.4 Å². The van der Waals surface area contributed by atoms with Gasteiger partial charge in [-0.05, 0) is 69.4 Å². The van der Waals surface area contributed by atoms with Gasteiger partial charge in [0.25, 0.3) is 5.91 Å². The molecule has 0 radical (unpaired) electrons. The Hall–Kier alpha value is -3.24. The second-order valence-corrected chi connectivity index (χ2v) is 8.46. The SMILES string of the molecule is Cc1cc(/C=N/NC(=O)c2cccc(F)c2)c(C)n1-c1sc2c(c1C#N)CCCC2. The maximum Gasteiger partial charge on any atom is 0.271 e. The number of hydrogen-bond acceptors (Lipinski definition) is 4. The van der Waals surface area contributed by atoms with Gasteiger partial charge in [-0.2, -0.15) is 10.4 Å². The number of nitriles is 1. The highest BCUT2D eigenvalue weighted by Gasteiger charge is 2.23. The van der Waals surface area contributed by atoms with Crippen LogP contribution in [0.3, 0.4) is 0 Å². The first-order chi connectivity index (χ1) is 14.5. The summed E-state index contributed by atoms with van der Waals surface area (Å²) in [6.07, 6.45) is 5.88. The molecular formula is C23H21FN4OS. The molecule has 1 aromatic carbocycles. The molecule has 1 amide bonds. The highest BCUT2D eigenvalue weighted by atomic mass is 32.1. The molecule has 2 heterocycles. The summed E-state index contributed by atoms with van der Waals surface area (Å²) >= 11 is 1.70. The van der Waals surface area contributed by atoms with E-state index in [-0.39, 0.29) is 5.56 Å². The van der Waals surface area contributed by atoms with Crippen LogP contribution in [-0.2, 0) is 12.8 Å². The number of carbonyl (C=O) groups excluding carboxylic acids is 1. The van der Waals surface area contributed by atoms with Crippen LogP contribution >= 0.6 is 11.3 Å². The van der Waals surface area contributed by atoms with Crippen LogP contribution in [0.4, 0.5) is 4.39 Å². The number of amides is 1. The minimum absolute atomic E-state index is 0.209. The van der Waals surface area contributed by atoms with Gasteiger partial charge in [0, 0.05) is 27.4 Å². The predicted octanol–water partition coefficient (Wildman–Crippen LogP) is 4.81. The molecule has 0 unspecified atom stereocenters. The average molecular weight is 421 g/mol. The standard InChI is InChI=1S/C23H21FN4OS/c1-14-10-17(13-26-27-22(29)16-6-5-7-18(24)11-16)15(2)28(14)23-20(12-25)19-8-3-4-9-21(19)30-23/h5-7,10-11,13H,3-4,8-9H2,1-2H3,(H,27,29)/b26-13+. The van der Waals surface area contributed by atoms with Gasteiger partial charge in [0.05, 0.1) is 11.8 Å². The number of benzene rings is 1. The van der Waals surface area contributed by atoms with Gasteiger partial charge in [0.15, 0.2) is 0 Å². The van der Waals surface area contributed by atoms with E-state index in [0.717, 1.165) is 46.8 Å². The molecular weight excluding hydrogens is 399 g/mol. The van der Waals surface area contributed by atoms with E-state index in [4.69, 9.17) is 0 Å². The maximum absolute atomic E-state index is 13.3. The summed E-state index contributed by atoms with van der Waals surface area (Å²) in [6, 6.07) is 9.85. The number of hydrogen-bond donors (Lipinski definition) is 1. The Morgan fingerprint density at radius 1 is 1.30 bits per heavy atom. The zero-order chi connectivity index (χ0) is 21.3. The van der Waals surface area contributed by atoms with E-state index in [2.05, 4.69) is 21.2 Å². The summed E-state index contributed by atoms with van der Waals surface area (Å²) in [7, 11) is 0. The average Bonchev–Trinajstić information content (AvgIpc) is 3.23. The Labute approximate surface area is 178 Å². The third-order valence-corrected chi connectivity index (χ3v) is 6.67. The van der Waals surface area contributed by atoms with E-state index < -0.39 is 11.7 Å². The normalized spacial score (nSPS) is 13.3. The van der Waals surface area contributed by atoms with Crippen molar-refractivity contribution in [1.82, 2.24) is 9.99 Å². The largest absolute Gasteiger partial charge is 0.308 e. The fourth-order valence-corrected chi connectivity index (χ4v) is 5.36. The van der Waals surface area contributed by atoms with Crippen LogP contribution in [0.5, 0.6) is 0 Å². The number of aromatic nitrogens is 1. The van der Waals surface area contributed by atoms with Gasteiger partial charge in [0.1, 0.15) is 16.9 Å². The number of nitrogens with one attached hydrogen (secondary N) is 1. The van der Waals surface area contributed by atoms with Crippen molar-refractivity contribution in [2.24, 2.45) is 5.10 Å². The molecule has 0 bridgehead atoms. The first kappa shape index (κ1) is 20.0. The molecule has 7 heteroatoms. The molecule has 3 aromatic rings. The summed E-state index contributed by atoms with van der Waals surface area (Å²) in [5.74, 6) is -0.945. The summed E-state index contributed by atoms with van der Waals surface area (Å²) in [5, 5.41) is 14.8. The van der Waals surface area contributed by atoms with Gasteiger partial charge in [-0.25, -0.2) is 9.82 Å². The van der Waals surface area contributed by atoms with Crippen molar-refractivity contribution >= 4 is 23.5 Å². The molecule has 0 fully saturated rings. The van der Waals surface area contributed by atoms with Crippen molar-refractivity contribution in [1.29, 1.82) is 5.26 Å². The topological polar surface area (TPSA) is 70.2 Å². The van der Waals surface area contributed by atoms with Crippen LogP contribution in [0.15, 0.2) is 35.4 Å². The van der Waals surface area contributed by atoms with Crippen LogP contribution in [0, 0.1) is 31.0 Å². The highest BCUT2D eigenvalue weighted by Crippen LogP contribution is 2.38. The predicted molar refractivity (Wildman–Crippen MR) is 116 cm³/mol. The lowest BCUT2D eigenvalue weighted by molar-refractivity contribution is 0.0954. The number of halogens is 1. The van der Waals surface area contributed by atoms with E-state index in [1.807, 2.05) is 19.9 Å². The zero-order valence-corrected chi connectivity index (χ0v) is 17.6. The van der Waals surface area contributed by atoms with Crippen LogP contribution < -0.4 is 5.43 Å². The molecule has 1 aliphatic carbocycles. The summed E-state index contributed by atoms with van der Waals surface area (Å²) in [5.41, 5.74) is 7.43. The van der Waals surface area contributed by atoms with Gasteiger partial charge in [-0.15, -0.1) is 11.3 Å². The molecule has 152 valence electrons. The molecule has 0 saturated carbocycles. The van der Waals surface area contributed by atoms with Crippen molar-refractivity contribution in [2.45, 2.75) is 39.5 Å². The third-order valence-electron chi connectivity index (χ3n) is 5.39. The Kier molecular flexibility index (Phi) is 5.51. The van der Waals surface area contributed by atoms with Gasteiger partial charge in [-0.3, -0.25) is 4.79 Å². The number of aryl methyl sites for hydroxylation is 2. The fourth-order valence-electron chi connectivity index (χ4n) is 3.91. The fraction of sp³-hybridized carbons (Fsp3) is 0.261. The second kappa shape index (κ2) is 8.25. The third kappa shape index (κ3) is 3.66. The Balaban J connectivity index is 1.60. The Morgan fingerprint density at radius 2 is 2.10 bits per heavy atom. The summed E-state index contributed by atoms with van der Waals surface area (Å²) < 4.78 is 15.4. The van der Waals surface area contributed by atoms with Crippen molar-refractivity contribution in [2.75, 3.05) is 0 Å². The van der Waals surface area contributed by atoms with Crippen LogP contribution in [0.2, 0.25) is 0 Å².